The second-order valence-electron chi connectivity index (χ2n) is 4.49. The number of ether oxygens (including phenoxy) is 1. The molecule has 1 heterocycles. The van der Waals surface area contributed by atoms with Crippen molar-refractivity contribution in [2.45, 2.75) is 30.7 Å². The van der Waals surface area contributed by atoms with E-state index in [1.165, 1.54) is 17.8 Å². The Balaban J connectivity index is 1.94. The van der Waals surface area contributed by atoms with E-state index in [4.69, 9.17) is 4.74 Å². The summed E-state index contributed by atoms with van der Waals surface area (Å²) >= 11 is 1.53. The van der Waals surface area contributed by atoms with E-state index in [2.05, 4.69) is 18.3 Å². The van der Waals surface area contributed by atoms with Gasteiger partial charge in [0, 0.05) is 17.1 Å². The molecule has 1 aliphatic heterocycles. The fourth-order valence-electron chi connectivity index (χ4n) is 1.97. The van der Waals surface area contributed by atoms with Gasteiger partial charge in [-0.05, 0) is 31.2 Å². The van der Waals surface area contributed by atoms with Crippen molar-refractivity contribution in [3.8, 4) is 0 Å². The van der Waals surface area contributed by atoms with Crippen molar-refractivity contribution >= 4 is 11.8 Å². The molecular weight excluding hydrogens is 261 g/mol. The molecular formula is C15H20FNOS. The summed E-state index contributed by atoms with van der Waals surface area (Å²) in [5, 5.41) is 3.46. The smallest absolute Gasteiger partial charge is 0.136 e. The highest BCUT2D eigenvalue weighted by Crippen LogP contribution is 2.25. The fraction of sp³-hybridized carbons (Fsp3) is 0.467. The summed E-state index contributed by atoms with van der Waals surface area (Å²) in [7, 11) is 0. The summed E-state index contributed by atoms with van der Waals surface area (Å²) in [4.78, 5) is 0.699. The molecule has 0 aliphatic carbocycles. The van der Waals surface area contributed by atoms with Crippen molar-refractivity contribution in [2.24, 2.45) is 0 Å². The lowest BCUT2D eigenvalue weighted by molar-refractivity contribution is 0.220. The Hall–Kier alpha value is -1.00. The molecule has 1 unspecified atom stereocenters. The van der Waals surface area contributed by atoms with Crippen LogP contribution in [0, 0.1) is 5.82 Å². The summed E-state index contributed by atoms with van der Waals surface area (Å²) < 4.78 is 19.2. The van der Waals surface area contributed by atoms with Gasteiger partial charge in [0.15, 0.2) is 0 Å². The minimum absolute atomic E-state index is 0.150. The molecule has 0 saturated carbocycles. The lowest BCUT2D eigenvalue weighted by atomic mass is 10.2. The van der Waals surface area contributed by atoms with E-state index >= 15 is 0 Å². The molecule has 1 aromatic carbocycles. The maximum atomic E-state index is 13.6. The summed E-state index contributed by atoms with van der Waals surface area (Å²) in [5.74, 6) is 1.65. The Kier molecular flexibility index (Phi) is 5.73. The second kappa shape index (κ2) is 7.56. The molecule has 0 saturated heterocycles. The molecule has 2 rings (SSSR count). The zero-order valence-electron chi connectivity index (χ0n) is 11.2. The first-order valence-electron chi connectivity index (χ1n) is 6.75. The molecule has 0 fully saturated rings. The van der Waals surface area contributed by atoms with E-state index in [-0.39, 0.29) is 11.9 Å². The summed E-state index contributed by atoms with van der Waals surface area (Å²) in [6.45, 7) is 3.85. The summed E-state index contributed by atoms with van der Waals surface area (Å²) in [6.07, 6.45) is 4.19. The maximum Gasteiger partial charge on any atom is 0.136 e. The number of hydrogen-bond donors (Lipinski definition) is 1. The first kappa shape index (κ1) is 14.4. The molecule has 0 bridgehead atoms. The zero-order chi connectivity index (χ0) is 13.5. The van der Waals surface area contributed by atoms with Crippen LogP contribution in [0.2, 0.25) is 0 Å². The van der Waals surface area contributed by atoms with Gasteiger partial charge in [0.2, 0.25) is 0 Å². The van der Waals surface area contributed by atoms with Gasteiger partial charge in [-0.15, -0.1) is 11.8 Å². The highest BCUT2D eigenvalue weighted by atomic mass is 32.2. The largest absolute Gasteiger partial charge is 0.496 e. The average Bonchev–Trinajstić information content (AvgIpc) is 2.94. The predicted molar refractivity (Wildman–Crippen MR) is 77.9 cm³/mol. The van der Waals surface area contributed by atoms with Crippen LogP contribution < -0.4 is 5.32 Å². The first-order valence-corrected chi connectivity index (χ1v) is 7.73. The fourth-order valence-corrected chi connectivity index (χ4v) is 2.98. The van der Waals surface area contributed by atoms with Gasteiger partial charge in [-0.3, -0.25) is 0 Å². The van der Waals surface area contributed by atoms with Crippen LogP contribution in [0.1, 0.15) is 19.8 Å². The maximum absolute atomic E-state index is 13.6. The van der Waals surface area contributed by atoms with Crippen molar-refractivity contribution in [1.82, 2.24) is 5.32 Å². The molecule has 1 aromatic rings. The normalized spacial score (nSPS) is 16.0. The Morgan fingerprint density at radius 2 is 2.26 bits per heavy atom. The summed E-state index contributed by atoms with van der Waals surface area (Å²) in [5.41, 5.74) is 0. The van der Waals surface area contributed by atoms with E-state index in [0.29, 0.717) is 4.90 Å². The minimum atomic E-state index is -0.150. The molecule has 0 spiro atoms. The average molecular weight is 281 g/mol. The molecule has 0 aromatic heterocycles. The van der Waals surface area contributed by atoms with Gasteiger partial charge in [-0.1, -0.05) is 19.1 Å². The van der Waals surface area contributed by atoms with E-state index in [1.807, 2.05) is 12.1 Å². The van der Waals surface area contributed by atoms with Crippen LogP contribution in [0.3, 0.4) is 0 Å². The van der Waals surface area contributed by atoms with Crippen LogP contribution in [0.5, 0.6) is 0 Å². The Morgan fingerprint density at radius 1 is 1.42 bits per heavy atom. The number of benzene rings is 1. The second-order valence-corrected chi connectivity index (χ2v) is 5.55. The third-order valence-electron chi connectivity index (χ3n) is 2.96. The zero-order valence-corrected chi connectivity index (χ0v) is 12.0. The predicted octanol–water partition coefficient (Wildman–Crippen LogP) is 3.59. The van der Waals surface area contributed by atoms with Crippen LogP contribution >= 0.6 is 11.8 Å². The number of halogens is 1. The van der Waals surface area contributed by atoms with Gasteiger partial charge in [0.25, 0.3) is 0 Å². The van der Waals surface area contributed by atoms with Crippen molar-refractivity contribution < 1.29 is 9.13 Å². The van der Waals surface area contributed by atoms with Crippen LogP contribution in [0.4, 0.5) is 4.39 Å². The Morgan fingerprint density at radius 3 is 2.95 bits per heavy atom. The molecule has 104 valence electrons. The van der Waals surface area contributed by atoms with Gasteiger partial charge in [0.1, 0.15) is 11.6 Å². The van der Waals surface area contributed by atoms with E-state index in [9.17, 15) is 4.39 Å². The molecule has 4 heteroatoms. The number of nitrogens with one attached hydrogen (secondary N) is 1. The molecule has 1 atom stereocenters. The summed E-state index contributed by atoms with van der Waals surface area (Å²) in [6, 6.07) is 7.08. The number of hydrogen-bond acceptors (Lipinski definition) is 3. The van der Waals surface area contributed by atoms with Crippen molar-refractivity contribution in [2.75, 3.05) is 18.9 Å². The SMILES string of the molecule is CCCNC(CSc1ccccc1F)C1=CCCO1. The molecule has 2 nitrogen and oxygen atoms in total. The Bertz CT molecular complexity index is 436. The van der Waals surface area contributed by atoms with Gasteiger partial charge < -0.3 is 10.1 Å². The Labute approximate surface area is 118 Å². The standard InChI is InChI=1S/C15H20FNOS/c1-2-9-17-13(14-7-5-10-18-14)11-19-15-8-4-3-6-12(15)16/h3-4,6-8,13,17H,2,5,9-11H2,1H3. The monoisotopic (exact) mass is 281 g/mol. The topological polar surface area (TPSA) is 21.3 Å². The number of thioether (sulfide) groups is 1. The van der Waals surface area contributed by atoms with Crippen LogP contribution in [-0.4, -0.2) is 24.9 Å². The molecule has 0 amide bonds. The van der Waals surface area contributed by atoms with Gasteiger partial charge in [-0.2, -0.15) is 0 Å². The van der Waals surface area contributed by atoms with Crippen molar-refractivity contribution in [3.05, 3.63) is 41.9 Å². The van der Waals surface area contributed by atoms with E-state index < -0.39 is 0 Å². The molecule has 19 heavy (non-hydrogen) atoms. The van der Waals surface area contributed by atoms with Crippen LogP contribution in [0.15, 0.2) is 41.0 Å². The van der Waals surface area contributed by atoms with E-state index in [0.717, 1.165) is 37.5 Å². The van der Waals surface area contributed by atoms with Crippen LogP contribution in [0.25, 0.3) is 0 Å². The quantitative estimate of drug-likeness (QED) is 0.772. The first-order chi connectivity index (χ1) is 9.31. The van der Waals surface area contributed by atoms with Gasteiger partial charge >= 0.3 is 0 Å². The van der Waals surface area contributed by atoms with Crippen molar-refractivity contribution in [1.29, 1.82) is 0 Å². The molecule has 0 radical (unpaired) electrons. The van der Waals surface area contributed by atoms with Gasteiger partial charge in [0.05, 0.1) is 12.6 Å². The third-order valence-corrected chi connectivity index (χ3v) is 4.10. The highest BCUT2D eigenvalue weighted by molar-refractivity contribution is 7.99. The third kappa shape index (κ3) is 4.25. The van der Waals surface area contributed by atoms with E-state index in [1.54, 1.807) is 6.07 Å². The number of rotatable bonds is 7. The lowest BCUT2D eigenvalue weighted by Gasteiger charge is -2.19. The highest BCUT2D eigenvalue weighted by Gasteiger charge is 2.18. The lowest BCUT2D eigenvalue weighted by Crippen LogP contribution is -2.34. The van der Waals surface area contributed by atoms with Crippen LogP contribution in [-0.2, 0) is 4.74 Å². The molecule has 1 N–H and O–H groups in total. The minimum Gasteiger partial charge on any atom is -0.496 e. The van der Waals surface area contributed by atoms with Gasteiger partial charge in [-0.25, -0.2) is 4.39 Å². The van der Waals surface area contributed by atoms with Crippen molar-refractivity contribution in [3.63, 3.8) is 0 Å². The molecule has 1 aliphatic rings.